The molecule has 0 aliphatic rings. The Morgan fingerprint density at radius 2 is 2.00 bits per heavy atom. The predicted octanol–water partition coefficient (Wildman–Crippen LogP) is 3.42. The van der Waals surface area contributed by atoms with E-state index in [-0.39, 0.29) is 0 Å². The Balaban J connectivity index is 2.28. The number of aryl methyl sites for hydroxylation is 2. The van der Waals surface area contributed by atoms with Gasteiger partial charge in [-0.3, -0.25) is 0 Å². The predicted molar refractivity (Wildman–Crippen MR) is 64.3 cm³/mol. The van der Waals surface area contributed by atoms with Crippen molar-refractivity contribution in [3.8, 4) is 5.75 Å². The number of ether oxygens (including phenoxy) is 1. The number of benzene rings is 1. The third-order valence-electron chi connectivity index (χ3n) is 2.72. The summed E-state index contributed by atoms with van der Waals surface area (Å²) >= 11 is 0. The maximum Gasteiger partial charge on any atom is 0.346 e. The number of carbonyl (C=O) groups excluding carboxylic acids is 1. The molecular formula is C14H14O3. The number of hydrogen-bond donors (Lipinski definition) is 0. The molecule has 0 radical (unpaired) electrons. The van der Waals surface area contributed by atoms with Crippen LogP contribution in [0.25, 0.3) is 0 Å². The first-order valence-corrected chi connectivity index (χ1v) is 5.40. The number of esters is 1. The van der Waals surface area contributed by atoms with Gasteiger partial charge in [-0.25, -0.2) is 4.79 Å². The van der Waals surface area contributed by atoms with Crippen LogP contribution in [0.15, 0.2) is 35.1 Å². The van der Waals surface area contributed by atoms with Crippen molar-refractivity contribution in [3.63, 3.8) is 0 Å². The fourth-order valence-electron chi connectivity index (χ4n) is 1.65. The highest BCUT2D eigenvalue weighted by Gasteiger charge is 2.12. The molecule has 0 unspecified atom stereocenters. The Hall–Kier alpha value is -2.03. The van der Waals surface area contributed by atoms with E-state index in [1.807, 2.05) is 26.8 Å². The molecule has 0 bridgehead atoms. The first-order chi connectivity index (χ1) is 8.08. The highest BCUT2D eigenvalue weighted by molar-refractivity contribution is 5.90. The van der Waals surface area contributed by atoms with E-state index in [1.165, 1.54) is 12.5 Å². The van der Waals surface area contributed by atoms with E-state index in [4.69, 9.17) is 9.15 Å². The van der Waals surface area contributed by atoms with Gasteiger partial charge in [0, 0.05) is 0 Å². The molecule has 2 rings (SSSR count). The van der Waals surface area contributed by atoms with Gasteiger partial charge in [0.15, 0.2) is 0 Å². The summed E-state index contributed by atoms with van der Waals surface area (Å²) in [7, 11) is 0. The highest BCUT2D eigenvalue weighted by atomic mass is 16.5. The molecule has 0 amide bonds. The zero-order valence-corrected chi connectivity index (χ0v) is 10.1. The van der Waals surface area contributed by atoms with E-state index in [0.29, 0.717) is 11.3 Å². The maximum atomic E-state index is 11.8. The van der Waals surface area contributed by atoms with E-state index in [2.05, 4.69) is 6.07 Å². The number of carbonyl (C=O) groups is 1. The second-order valence-electron chi connectivity index (χ2n) is 4.11. The summed E-state index contributed by atoms with van der Waals surface area (Å²) < 4.78 is 10.2. The van der Waals surface area contributed by atoms with Crippen LogP contribution in [0.1, 0.15) is 27.0 Å². The molecule has 0 saturated heterocycles. The normalized spacial score (nSPS) is 10.3. The number of furan rings is 1. The van der Waals surface area contributed by atoms with E-state index in [9.17, 15) is 4.79 Å². The number of rotatable bonds is 2. The Morgan fingerprint density at radius 1 is 1.24 bits per heavy atom. The quantitative estimate of drug-likeness (QED) is 0.586. The van der Waals surface area contributed by atoms with Crippen LogP contribution in [-0.4, -0.2) is 5.97 Å². The van der Waals surface area contributed by atoms with Gasteiger partial charge in [0.25, 0.3) is 0 Å². The van der Waals surface area contributed by atoms with Gasteiger partial charge >= 0.3 is 5.97 Å². The highest BCUT2D eigenvalue weighted by Crippen LogP contribution is 2.24. The lowest BCUT2D eigenvalue weighted by atomic mass is 10.1. The SMILES string of the molecule is Cc1cc(C)c(C)c(OC(=O)c2ccoc2)c1. The first kappa shape index (κ1) is 11.5. The Bertz CT molecular complexity index is 539. The fourth-order valence-corrected chi connectivity index (χ4v) is 1.65. The van der Waals surface area contributed by atoms with Crippen molar-refractivity contribution in [1.82, 2.24) is 0 Å². The van der Waals surface area contributed by atoms with E-state index >= 15 is 0 Å². The molecule has 0 aliphatic heterocycles. The average molecular weight is 230 g/mol. The summed E-state index contributed by atoms with van der Waals surface area (Å²) in [6, 6.07) is 5.51. The second-order valence-corrected chi connectivity index (χ2v) is 4.11. The van der Waals surface area contributed by atoms with E-state index in [1.54, 1.807) is 6.07 Å². The summed E-state index contributed by atoms with van der Waals surface area (Å²) in [5.74, 6) is 0.209. The van der Waals surface area contributed by atoms with Crippen LogP contribution in [0, 0.1) is 20.8 Å². The Kier molecular flexibility index (Phi) is 3.00. The van der Waals surface area contributed by atoms with Crippen LogP contribution in [0.5, 0.6) is 5.75 Å². The molecule has 0 atom stereocenters. The van der Waals surface area contributed by atoms with Gasteiger partial charge in [0.2, 0.25) is 0 Å². The van der Waals surface area contributed by atoms with Gasteiger partial charge < -0.3 is 9.15 Å². The largest absolute Gasteiger partial charge is 0.472 e. The zero-order valence-electron chi connectivity index (χ0n) is 10.1. The molecular weight excluding hydrogens is 216 g/mol. The molecule has 0 fully saturated rings. The lowest BCUT2D eigenvalue weighted by molar-refractivity contribution is 0.0732. The van der Waals surface area contributed by atoms with Crippen molar-refractivity contribution in [2.45, 2.75) is 20.8 Å². The maximum absolute atomic E-state index is 11.8. The van der Waals surface area contributed by atoms with Gasteiger partial charge in [-0.15, -0.1) is 0 Å². The molecule has 1 aromatic heterocycles. The van der Waals surface area contributed by atoms with Gasteiger partial charge in [-0.2, -0.15) is 0 Å². The average Bonchev–Trinajstić information content (AvgIpc) is 2.78. The molecule has 17 heavy (non-hydrogen) atoms. The topological polar surface area (TPSA) is 39.4 Å². The molecule has 3 nitrogen and oxygen atoms in total. The third kappa shape index (κ3) is 2.38. The minimum atomic E-state index is -0.396. The van der Waals surface area contributed by atoms with Gasteiger partial charge in [-0.05, 0) is 49.6 Å². The van der Waals surface area contributed by atoms with E-state index < -0.39 is 5.97 Å². The number of hydrogen-bond acceptors (Lipinski definition) is 3. The Labute approximate surface area is 100 Å². The third-order valence-corrected chi connectivity index (χ3v) is 2.72. The molecule has 88 valence electrons. The van der Waals surface area contributed by atoms with Crippen molar-refractivity contribution in [2.75, 3.05) is 0 Å². The molecule has 1 heterocycles. The standard InChI is InChI=1S/C14H14O3/c1-9-6-10(2)11(3)13(7-9)17-14(15)12-4-5-16-8-12/h4-8H,1-3H3. The minimum absolute atomic E-state index is 0.396. The summed E-state index contributed by atoms with van der Waals surface area (Å²) in [4.78, 5) is 11.8. The van der Waals surface area contributed by atoms with Crippen molar-refractivity contribution < 1.29 is 13.9 Å². The van der Waals surface area contributed by atoms with Crippen molar-refractivity contribution in [3.05, 3.63) is 53.0 Å². The minimum Gasteiger partial charge on any atom is -0.472 e. The summed E-state index contributed by atoms with van der Waals surface area (Å²) in [5.41, 5.74) is 3.58. The van der Waals surface area contributed by atoms with Crippen molar-refractivity contribution in [2.24, 2.45) is 0 Å². The lowest BCUT2D eigenvalue weighted by Gasteiger charge is -2.10. The van der Waals surface area contributed by atoms with Gasteiger partial charge in [0.1, 0.15) is 12.0 Å². The summed E-state index contributed by atoms with van der Waals surface area (Å²) in [6.07, 6.45) is 2.82. The van der Waals surface area contributed by atoms with Crippen molar-refractivity contribution >= 4 is 5.97 Å². The molecule has 2 aromatic rings. The van der Waals surface area contributed by atoms with Crippen LogP contribution < -0.4 is 4.74 Å². The molecule has 3 heteroatoms. The van der Waals surface area contributed by atoms with Crippen LogP contribution in [-0.2, 0) is 0 Å². The molecule has 0 saturated carbocycles. The Morgan fingerprint density at radius 3 is 2.65 bits per heavy atom. The molecule has 1 aromatic carbocycles. The summed E-state index contributed by atoms with van der Waals surface area (Å²) in [5, 5.41) is 0. The zero-order chi connectivity index (χ0) is 12.4. The van der Waals surface area contributed by atoms with Gasteiger partial charge in [0.05, 0.1) is 11.8 Å². The second kappa shape index (κ2) is 4.45. The fraction of sp³-hybridized carbons (Fsp3) is 0.214. The monoisotopic (exact) mass is 230 g/mol. The van der Waals surface area contributed by atoms with Crippen LogP contribution in [0.4, 0.5) is 0 Å². The molecule has 0 N–H and O–H groups in total. The first-order valence-electron chi connectivity index (χ1n) is 5.40. The smallest absolute Gasteiger partial charge is 0.346 e. The lowest BCUT2D eigenvalue weighted by Crippen LogP contribution is -2.08. The van der Waals surface area contributed by atoms with Crippen LogP contribution in [0.2, 0.25) is 0 Å². The van der Waals surface area contributed by atoms with E-state index in [0.717, 1.165) is 16.7 Å². The van der Waals surface area contributed by atoms with Gasteiger partial charge in [-0.1, -0.05) is 6.07 Å². The molecule has 0 spiro atoms. The molecule has 0 aliphatic carbocycles. The van der Waals surface area contributed by atoms with Crippen LogP contribution >= 0.6 is 0 Å². The summed E-state index contributed by atoms with van der Waals surface area (Å²) in [6.45, 7) is 5.91. The van der Waals surface area contributed by atoms with Crippen molar-refractivity contribution in [1.29, 1.82) is 0 Å². The van der Waals surface area contributed by atoms with Crippen LogP contribution in [0.3, 0.4) is 0 Å².